The lowest BCUT2D eigenvalue weighted by Crippen LogP contribution is -2.41. The van der Waals surface area contributed by atoms with E-state index in [1.54, 1.807) is 0 Å². The number of allylic oxidation sites excluding steroid dienone is 2. The summed E-state index contributed by atoms with van der Waals surface area (Å²) in [7, 11) is 1.34. The highest BCUT2D eigenvalue weighted by Gasteiger charge is 2.44. The summed E-state index contributed by atoms with van der Waals surface area (Å²) in [5.41, 5.74) is 2.81. The molecule has 0 amide bonds. The van der Waals surface area contributed by atoms with Gasteiger partial charge in [-0.3, -0.25) is 9.59 Å². The summed E-state index contributed by atoms with van der Waals surface area (Å²) in [5, 5.41) is 3.18. The highest BCUT2D eigenvalue weighted by molar-refractivity contribution is 9.10. The van der Waals surface area contributed by atoms with E-state index in [0.29, 0.717) is 29.2 Å². The molecule has 0 radical (unpaired) electrons. The van der Waals surface area contributed by atoms with Gasteiger partial charge in [-0.2, -0.15) is 0 Å². The Hall–Kier alpha value is -2.28. The van der Waals surface area contributed by atoms with Crippen LogP contribution in [0.3, 0.4) is 0 Å². The third-order valence-corrected chi connectivity index (χ3v) is 5.76. The molecule has 7 heteroatoms. The first-order chi connectivity index (χ1) is 12.5. The summed E-state index contributed by atoms with van der Waals surface area (Å²) in [6, 6.07) is 3.64. The number of rotatable bonds is 2. The Balaban J connectivity index is 1.92. The lowest BCUT2D eigenvalue weighted by atomic mass is 9.71. The van der Waals surface area contributed by atoms with E-state index < -0.39 is 17.8 Å². The fourth-order valence-corrected chi connectivity index (χ4v) is 4.47. The number of ketones is 1. The van der Waals surface area contributed by atoms with Gasteiger partial charge in [-0.15, -0.1) is 0 Å². The molecule has 0 aromatic heterocycles. The van der Waals surface area contributed by atoms with Gasteiger partial charge < -0.3 is 19.5 Å². The number of hydrogen-bond donors (Lipinski definition) is 1. The van der Waals surface area contributed by atoms with Gasteiger partial charge in [0.05, 0.1) is 7.11 Å². The molecule has 2 aliphatic heterocycles. The van der Waals surface area contributed by atoms with E-state index in [1.807, 2.05) is 12.1 Å². The van der Waals surface area contributed by atoms with Crippen molar-refractivity contribution in [1.82, 2.24) is 5.32 Å². The third kappa shape index (κ3) is 2.61. The van der Waals surface area contributed by atoms with Gasteiger partial charge in [0.25, 0.3) is 0 Å². The fourth-order valence-electron chi connectivity index (χ4n) is 3.91. The minimum atomic E-state index is -0.697. The Labute approximate surface area is 159 Å². The van der Waals surface area contributed by atoms with Crippen molar-refractivity contribution in [3.8, 4) is 11.5 Å². The molecule has 1 aliphatic carbocycles. The van der Waals surface area contributed by atoms with Crippen molar-refractivity contribution < 1.29 is 23.8 Å². The smallest absolute Gasteiger partial charge is 0.315 e. The van der Waals surface area contributed by atoms with Crippen LogP contribution in [0, 0.1) is 5.92 Å². The number of methoxy groups -OCH3 is 1. The summed E-state index contributed by atoms with van der Waals surface area (Å²) < 4.78 is 16.7. The van der Waals surface area contributed by atoms with Crippen LogP contribution in [0.2, 0.25) is 0 Å². The maximum Gasteiger partial charge on any atom is 0.315 e. The topological polar surface area (TPSA) is 73.9 Å². The van der Waals surface area contributed by atoms with Gasteiger partial charge in [-0.05, 0) is 30.5 Å². The van der Waals surface area contributed by atoms with Crippen LogP contribution < -0.4 is 14.8 Å². The first kappa shape index (κ1) is 17.1. The van der Waals surface area contributed by atoms with E-state index in [4.69, 9.17) is 14.2 Å². The van der Waals surface area contributed by atoms with E-state index in [0.717, 1.165) is 28.6 Å². The third-order valence-electron chi connectivity index (χ3n) is 5.07. The normalized spacial score (nSPS) is 24.2. The summed E-state index contributed by atoms with van der Waals surface area (Å²) in [4.78, 5) is 25.3. The number of ether oxygens (including phenoxy) is 3. The number of halogens is 1. The van der Waals surface area contributed by atoms with Crippen LogP contribution in [0.25, 0.3) is 0 Å². The predicted molar refractivity (Wildman–Crippen MR) is 96.7 cm³/mol. The minimum Gasteiger partial charge on any atom is -0.468 e. The molecule has 4 rings (SSSR count). The van der Waals surface area contributed by atoms with Crippen molar-refractivity contribution >= 4 is 27.7 Å². The molecule has 0 saturated carbocycles. The van der Waals surface area contributed by atoms with Crippen LogP contribution in [0.1, 0.15) is 30.7 Å². The van der Waals surface area contributed by atoms with Crippen molar-refractivity contribution in [2.45, 2.75) is 25.2 Å². The number of carbonyl (C=O) groups is 2. The average Bonchev–Trinajstić information content (AvgIpc) is 3.06. The van der Waals surface area contributed by atoms with Gasteiger partial charge in [0.2, 0.25) is 6.79 Å². The Kier molecular flexibility index (Phi) is 4.26. The molecule has 3 aliphatic rings. The largest absolute Gasteiger partial charge is 0.468 e. The van der Waals surface area contributed by atoms with Crippen LogP contribution >= 0.6 is 15.9 Å². The van der Waals surface area contributed by atoms with Gasteiger partial charge in [0, 0.05) is 33.8 Å². The quantitative estimate of drug-likeness (QED) is 0.742. The molecule has 136 valence electrons. The number of benzene rings is 1. The lowest BCUT2D eigenvalue weighted by Gasteiger charge is -2.38. The zero-order valence-electron chi connectivity index (χ0n) is 14.3. The van der Waals surface area contributed by atoms with Gasteiger partial charge >= 0.3 is 5.97 Å². The van der Waals surface area contributed by atoms with Gasteiger partial charge in [-0.25, -0.2) is 0 Å². The molecule has 1 aromatic rings. The van der Waals surface area contributed by atoms with E-state index in [2.05, 4.69) is 27.8 Å². The summed E-state index contributed by atoms with van der Waals surface area (Å²) in [6.07, 6.45) is 2.02. The molecule has 0 spiro atoms. The van der Waals surface area contributed by atoms with E-state index in [9.17, 15) is 9.59 Å². The average molecular weight is 420 g/mol. The number of hydrogen-bond acceptors (Lipinski definition) is 6. The lowest BCUT2D eigenvalue weighted by molar-refractivity contribution is -0.144. The number of carbonyl (C=O) groups excluding carboxylic acids is 2. The molecule has 1 N–H and O–H groups in total. The zero-order valence-corrected chi connectivity index (χ0v) is 15.9. The molecule has 0 fully saturated rings. The SMILES string of the molecule is C=C1NC2=C(C(=O)CCC2)C(c2cc3c(cc2Br)OCO3)C1C(=O)OC. The zero-order chi connectivity index (χ0) is 18.4. The molecule has 26 heavy (non-hydrogen) atoms. The Morgan fingerprint density at radius 2 is 2.04 bits per heavy atom. The molecular weight excluding hydrogens is 402 g/mol. The van der Waals surface area contributed by atoms with Gasteiger partial charge in [-0.1, -0.05) is 22.5 Å². The van der Waals surface area contributed by atoms with Crippen LogP contribution in [0.15, 0.2) is 40.2 Å². The molecule has 2 atom stereocenters. The number of nitrogens with one attached hydrogen (secondary N) is 1. The second-order valence-corrected chi connectivity index (χ2v) is 7.38. The van der Waals surface area contributed by atoms with Crippen molar-refractivity contribution in [2.75, 3.05) is 13.9 Å². The van der Waals surface area contributed by atoms with Crippen LogP contribution in [-0.2, 0) is 14.3 Å². The maximum absolute atomic E-state index is 12.8. The van der Waals surface area contributed by atoms with Crippen molar-refractivity contribution in [2.24, 2.45) is 5.92 Å². The molecular formula is C19H18BrNO5. The first-order valence-corrected chi connectivity index (χ1v) is 9.19. The second kappa shape index (κ2) is 6.46. The van der Waals surface area contributed by atoms with E-state index in [-0.39, 0.29) is 12.6 Å². The summed E-state index contributed by atoms with van der Waals surface area (Å²) in [5.74, 6) is -0.328. The van der Waals surface area contributed by atoms with Crippen molar-refractivity contribution in [3.05, 3.63) is 45.7 Å². The first-order valence-electron chi connectivity index (χ1n) is 8.40. The maximum atomic E-state index is 12.8. The molecule has 2 unspecified atom stereocenters. The van der Waals surface area contributed by atoms with Crippen LogP contribution in [-0.4, -0.2) is 25.7 Å². The highest BCUT2D eigenvalue weighted by Crippen LogP contribution is 2.49. The summed E-state index contributed by atoms with van der Waals surface area (Å²) in [6.45, 7) is 4.18. The van der Waals surface area contributed by atoms with E-state index in [1.165, 1.54) is 7.11 Å². The molecule has 1 aromatic carbocycles. The second-order valence-electron chi connectivity index (χ2n) is 6.52. The molecule has 0 bridgehead atoms. The number of esters is 1. The predicted octanol–water partition coefficient (Wildman–Crippen LogP) is 3.17. The van der Waals surface area contributed by atoms with Gasteiger partial charge in [0.15, 0.2) is 17.3 Å². The molecule has 2 heterocycles. The van der Waals surface area contributed by atoms with E-state index >= 15 is 0 Å². The van der Waals surface area contributed by atoms with Crippen LogP contribution in [0.5, 0.6) is 11.5 Å². The highest BCUT2D eigenvalue weighted by atomic mass is 79.9. The van der Waals surface area contributed by atoms with Crippen molar-refractivity contribution in [3.63, 3.8) is 0 Å². The minimum absolute atomic E-state index is 0.0507. The number of Topliss-reactive ketones (excluding diaryl/α,β-unsaturated/α-hetero) is 1. The number of fused-ring (bicyclic) bond motifs is 1. The Morgan fingerprint density at radius 3 is 2.77 bits per heavy atom. The monoisotopic (exact) mass is 419 g/mol. The molecule has 0 saturated heterocycles. The van der Waals surface area contributed by atoms with Crippen LogP contribution in [0.4, 0.5) is 0 Å². The fraction of sp³-hybridized carbons (Fsp3) is 0.368. The standard InChI is InChI=1S/C19H18BrNO5/c1-9-16(19(23)24-2)17(18-12(21-9)4-3-5-13(18)22)10-6-14-15(7-11(10)20)26-8-25-14/h6-7,16-17,21H,1,3-5,8H2,2H3. The Morgan fingerprint density at radius 1 is 1.31 bits per heavy atom. The Bertz CT molecular complexity index is 860. The summed E-state index contributed by atoms with van der Waals surface area (Å²) >= 11 is 3.57. The van der Waals surface area contributed by atoms with Gasteiger partial charge in [0.1, 0.15) is 5.92 Å². The molecule has 6 nitrogen and oxygen atoms in total. The van der Waals surface area contributed by atoms with Crippen molar-refractivity contribution in [1.29, 1.82) is 0 Å².